The van der Waals surface area contributed by atoms with Gasteiger partial charge in [-0.05, 0) is 79.5 Å². The van der Waals surface area contributed by atoms with Gasteiger partial charge in [0.15, 0.2) is 11.5 Å². The topological polar surface area (TPSA) is 60.0 Å². The SMILES string of the molecule is CCOc1ccc([C@H]2CC(c3cc4c(cc3C)OCO4)CN2CC=O)c(F)c1.CCc1cccc(CC)c1NC. The Morgan fingerprint density at radius 3 is 2.33 bits per heavy atom. The highest BCUT2D eigenvalue weighted by molar-refractivity contribution is 5.57. The van der Waals surface area contributed by atoms with Gasteiger partial charge >= 0.3 is 0 Å². The number of nitrogens with one attached hydrogen (secondary N) is 1. The summed E-state index contributed by atoms with van der Waals surface area (Å²) in [6.07, 6.45) is 3.82. The molecule has 214 valence electrons. The first-order valence-electron chi connectivity index (χ1n) is 14.2. The number of rotatable bonds is 9. The fraction of sp³-hybridized carbons (Fsp3) is 0.424. The molecule has 1 fully saturated rings. The predicted octanol–water partition coefficient (Wildman–Crippen LogP) is 6.84. The smallest absolute Gasteiger partial charge is 0.231 e. The lowest BCUT2D eigenvalue weighted by atomic mass is 9.90. The predicted molar refractivity (Wildman–Crippen MR) is 157 cm³/mol. The normalized spacial score (nSPS) is 17.8. The number of ether oxygens (including phenoxy) is 3. The van der Waals surface area contributed by atoms with Crippen LogP contribution in [0.25, 0.3) is 0 Å². The Kier molecular flexibility index (Phi) is 10.0. The van der Waals surface area contributed by atoms with Gasteiger partial charge in [-0.25, -0.2) is 4.39 Å². The first kappa shape index (κ1) is 29.4. The van der Waals surface area contributed by atoms with Crippen molar-refractivity contribution in [1.29, 1.82) is 0 Å². The van der Waals surface area contributed by atoms with Crippen LogP contribution in [-0.4, -0.2) is 44.7 Å². The van der Waals surface area contributed by atoms with Gasteiger partial charge in [-0.3, -0.25) is 4.90 Å². The van der Waals surface area contributed by atoms with E-state index in [9.17, 15) is 9.18 Å². The van der Waals surface area contributed by atoms with Gasteiger partial charge in [0.25, 0.3) is 0 Å². The maximum absolute atomic E-state index is 14.8. The summed E-state index contributed by atoms with van der Waals surface area (Å²) >= 11 is 0. The second-order valence-corrected chi connectivity index (χ2v) is 10.2. The van der Waals surface area contributed by atoms with E-state index in [1.54, 1.807) is 12.1 Å². The van der Waals surface area contributed by atoms with Crippen LogP contribution in [0.15, 0.2) is 48.5 Å². The van der Waals surface area contributed by atoms with E-state index in [2.05, 4.69) is 37.4 Å². The largest absolute Gasteiger partial charge is 0.494 e. The molecular weight excluding hydrogens is 507 g/mol. The lowest BCUT2D eigenvalue weighted by Crippen LogP contribution is -2.26. The highest BCUT2D eigenvalue weighted by Gasteiger charge is 2.36. The summed E-state index contributed by atoms with van der Waals surface area (Å²) in [5.74, 6) is 1.92. The third-order valence-electron chi connectivity index (χ3n) is 7.80. The van der Waals surface area contributed by atoms with E-state index in [0.717, 1.165) is 48.2 Å². The third-order valence-corrected chi connectivity index (χ3v) is 7.80. The monoisotopic (exact) mass is 548 g/mol. The number of hydrogen-bond donors (Lipinski definition) is 1. The molecule has 0 amide bonds. The molecule has 0 aliphatic carbocycles. The van der Waals surface area contributed by atoms with Crippen molar-refractivity contribution in [2.75, 3.05) is 38.9 Å². The maximum atomic E-state index is 14.8. The van der Waals surface area contributed by atoms with E-state index < -0.39 is 0 Å². The Balaban J connectivity index is 0.000000259. The molecule has 3 aromatic rings. The van der Waals surface area contributed by atoms with Crippen molar-refractivity contribution in [3.05, 3.63) is 82.2 Å². The summed E-state index contributed by atoms with van der Waals surface area (Å²) in [6, 6.07) is 15.4. The van der Waals surface area contributed by atoms with Gasteiger partial charge < -0.3 is 24.3 Å². The molecule has 0 radical (unpaired) electrons. The van der Waals surface area contributed by atoms with Crippen LogP contribution in [0, 0.1) is 12.7 Å². The minimum absolute atomic E-state index is 0.157. The molecule has 40 heavy (non-hydrogen) atoms. The number of anilines is 1. The summed E-state index contributed by atoms with van der Waals surface area (Å²) in [5.41, 5.74) is 7.03. The van der Waals surface area contributed by atoms with Gasteiger partial charge in [0, 0.05) is 37.0 Å². The van der Waals surface area contributed by atoms with E-state index in [0.29, 0.717) is 24.5 Å². The molecule has 2 aliphatic heterocycles. The number of carbonyl (C=O) groups excluding carboxylic acids is 1. The molecule has 1 saturated heterocycles. The van der Waals surface area contributed by atoms with Gasteiger partial charge in [-0.15, -0.1) is 0 Å². The number of benzene rings is 3. The Hall–Kier alpha value is -3.58. The van der Waals surface area contributed by atoms with Crippen LogP contribution in [0.2, 0.25) is 0 Å². The van der Waals surface area contributed by atoms with Crippen LogP contribution >= 0.6 is 0 Å². The van der Waals surface area contributed by atoms with Crippen LogP contribution < -0.4 is 19.5 Å². The summed E-state index contributed by atoms with van der Waals surface area (Å²) < 4.78 is 31.2. The van der Waals surface area contributed by atoms with Gasteiger partial charge in [0.1, 0.15) is 17.9 Å². The quantitative estimate of drug-likeness (QED) is 0.295. The van der Waals surface area contributed by atoms with Gasteiger partial charge in [-0.2, -0.15) is 0 Å². The van der Waals surface area contributed by atoms with E-state index in [4.69, 9.17) is 14.2 Å². The molecule has 1 unspecified atom stereocenters. The second-order valence-electron chi connectivity index (χ2n) is 10.2. The average molecular weight is 549 g/mol. The number of halogens is 1. The second kappa shape index (κ2) is 13.7. The average Bonchev–Trinajstić information content (AvgIpc) is 3.59. The van der Waals surface area contributed by atoms with Crippen LogP contribution in [0.4, 0.5) is 10.1 Å². The minimum atomic E-state index is -0.296. The van der Waals surface area contributed by atoms with E-state index in [1.165, 1.54) is 22.9 Å². The molecule has 0 spiro atoms. The Bertz CT molecular complexity index is 1290. The molecule has 6 nitrogen and oxygen atoms in total. The zero-order valence-corrected chi connectivity index (χ0v) is 24.3. The molecule has 7 heteroatoms. The van der Waals surface area contributed by atoms with Gasteiger partial charge in [0.2, 0.25) is 6.79 Å². The molecule has 0 bridgehead atoms. The van der Waals surface area contributed by atoms with Crippen LogP contribution in [0.3, 0.4) is 0 Å². The highest BCUT2D eigenvalue weighted by atomic mass is 19.1. The van der Waals surface area contributed by atoms with E-state index in [-0.39, 0.29) is 31.1 Å². The minimum Gasteiger partial charge on any atom is -0.494 e. The number of aldehydes is 1. The van der Waals surface area contributed by atoms with Crippen molar-refractivity contribution in [1.82, 2.24) is 4.90 Å². The highest BCUT2D eigenvalue weighted by Crippen LogP contribution is 2.45. The lowest BCUT2D eigenvalue weighted by molar-refractivity contribution is -0.109. The summed E-state index contributed by atoms with van der Waals surface area (Å²) in [7, 11) is 1.99. The van der Waals surface area contributed by atoms with Crippen molar-refractivity contribution in [3.8, 4) is 17.2 Å². The van der Waals surface area contributed by atoms with Gasteiger partial charge in [0.05, 0.1) is 13.2 Å². The molecule has 0 saturated carbocycles. The number of hydrogen-bond acceptors (Lipinski definition) is 6. The number of nitrogens with zero attached hydrogens (tertiary/aromatic N) is 1. The van der Waals surface area contributed by atoms with Crippen molar-refractivity contribution < 1.29 is 23.4 Å². The number of para-hydroxylation sites is 1. The first-order chi connectivity index (χ1) is 19.4. The summed E-state index contributed by atoms with van der Waals surface area (Å²) in [6.45, 7) is 9.99. The van der Waals surface area contributed by atoms with E-state index >= 15 is 0 Å². The zero-order chi connectivity index (χ0) is 28.6. The van der Waals surface area contributed by atoms with Crippen molar-refractivity contribution >= 4 is 12.0 Å². The number of likely N-dealkylation sites (tertiary alicyclic amines) is 1. The van der Waals surface area contributed by atoms with Crippen molar-refractivity contribution in [2.45, 2.75) is 58.9 Å². The molecule has 3 aromatic carbocycles. The molecule has 1 N–H and O–H groups in total. The molecule has 5 rings (SSSR count). The van der Waals surface area contributed by atoms with Crippen molar-refractivity contribution in [2.24, 2.45) is 0 Å². The van der Waals surface area contributed by atoms with Crippen LogP contribution in [0.5, 0.6) is 17.2 Å². The lowest BCUT2D eigenvalue weighted by Gasteiger charge is -2.23. The van der Waals surface area contributed by atoms with Crippen LogP contribution in [-0.2, 0) is 17.6 Å². The van der Waals surface area contributed by atoms with Crippen LogP contribution in [0.1, 0.15) is 67.0 Å². The third kappa shape index (κ3) is 6.41. The fourth-order valence-electron chi connectivity index (χ4n) is 5.85. The Morgan fingerprint density at radius 1 is 1.02 bits per heavy atom. The van der Waals surface area contributed by atoms with E-state index in [1.807, 2.05) is 37.9 Å². The zero-order valence-electron chi connectivity index (χ0n) is 24.3. The molecule has 0 aromatic heterocycles. The summed E-state index contributed by atoms with van der Waals surface area (Å²) in [4.78, 5) is 13.3. The molecule has 2 aliphatic rings. The Labute approximate surface area is 237 Å². The summed E-state index contributed by atoms with van der Waals surface area (Å²) in [5, 5.41) is 3.27. The molecule has 2 atom stereocenters. The molecular formula is C33H41FN2O4. The maximum Gasteiger partial charge on any atom is 0.231 e. The number of carbonyl (C=O) groups is 1. The fourth-order valence-corrected chi connectivity index (χ4v) is 5.85. The standard InChI is InChI=1S/C22H24FNO4.C11H17N/c1-3-26-16-4-5-17(19(23)10-16)20-9-15(12-24(20)6-7-25)18-11-22-21(8-14(18)2)27-13-28-22;1-4-9-7-6-8-10(5-2)11(9)12-3/h4-5,7-8,10-11,15,20H,3,6,9,12-13H2,1-2H3;6-8,12H,4-5H2,1-3H3/t15?,20-;/m1./s1. The van der Waals surface area contributed by atoms with Gasteiger partial charge in [-0.1, -0.05) is 38.1 Å². The number of fused-ring (bicyclic) bond motifs is 1. The van der Waals surface area contributed by atoms with Crippen molar-refractivity contribution in [3.63, 3.8) is 0 Å². The first-order valence-corrected chi connectivity index (χ1v) is 14.2. The molecule has 2 heterocycles. The Morgan fingerprint density at radius 2 is 1.73 bits per heavy atom. The number of aryl methyl sites for hydroxylation is 3.